The van der Waals surface area contributed by atoms with Gasteiger partial charge in [0.05, 0.1) is 24.9 Å². The van der Waals surface area contributed by atoms with Crippen LogP contribution in [0.3, 0.4) is 0 Å². The lowest BCUT2D eigenvalue weighted by Crippen LogP contribution is -2.94. The molecular weight excluding hydrogens is 496 g/mol. The summed E-state index contributed by atoms with van der Waals surface area (Å²) in [5.74, 6) is 0.588. The second kappa shape index (κ2) is 16.9. The van der Waals surface area contributed by atoms with Crippen molar-refractivity contribution in [2.45, 2.75) is 160 Å². The zero-order valence-corrected chi connectivity index (χ0v) is 24.9. The van der Waals surface area contributed by atoms with Gasteiger partial charge in [0.1, 0.15) is 18.4 Å². The monoisotopic (exact) mass is 553 g/mol. The molecule has 5 N–H and O–H groups in total. The number of quaternary nitrogens is 1. The fraction of sp³-hybridized carbons (Fsp3) is 0.935. The van der Waals surface area contributed by atoms with Crippen LogP contribution in [0.2, 0.25) is 0 Å². The topological polar surface area (TPSA) is 125 Å². The summed E-state index contributed by atoms with van der Waals surface area (Å²) >= 11 is 0. The van der Waals surface area contributed by atoms with Crippen LogP contribution in [0.5, 0.6) is 0 Å². The Morgan fingerprint density at radius 1 is 0.949 bits per heavy atom. The summed E-state index contributed by atoms with van der Waals surface area (Å²) in [5.41, 5.74) is 6.24. The van der Waals surface area contributed by atoms with Gasteiger partial charge in [0.15, 0.2) is 0 Å². The third kappa shape index (κ3) is 11.7. The highest BCUT2D eigenvalue weighted by Crippen LogP contribution is 2.40. The largest absolute Gasteiger partial charge is 0.462 e. The molecule has 1 heterocycles. The molecular formula is C31H57N2O6+. The Hall–Kier alpha value is -1.22. The molecule has 0 spiro atoms. The van der Waals surface area contributed by atoms with Gasteiger partial charge in [0, 0.05) is 26.7 Å². The number of rotatable bonds is 15. The maximum Gasteiger partial charge on any atom is 0.302 e. The van der Waals surface area contributed by atoms with Crippen LogP contribution in [0.4, 0.5) is 0 Å². The molecule has 1 aliphatic heterocycles. The quantitative estimate of drug-likeness (QED) is 0.207. The number of hydrogen-bond acceptors (Lipinski definition) is 7. The molecule has 3 aliphatic rings. The Morgan fingerprint density at radius 3 is 2.28 bits per heavy atom. The number of unbranched alkanes of at least 4 members (excludes halogenated alkanes) is 2. The summed E-state index contributed by atoms with van der Waals surface area (Å²) in [4.78, 5) is 23.7. The highest BCUT2D eigenvalue weighted by atomic mass is 16.6. The Bertz CT molecular complexity index is 730. The molecule has 8 heteroatoms. The Kier molecular flexibility index (Phi) is 14.0. The molecule has 2 aliphatic carbocycles. The molecule has 0 amide bonds. The summed E-state index contributed by atoms with van der Waals surface area (Å²) in [6.45, 7) is 6.12. The number of piperidine rings is 1. The average molecular weight is 554 g/mol. The first-order chi connectivity index (χ1) is 18.7. The van der Waals surface area contributed by atoms with Crippen LogP contribution in [-0.4, -0.2) is 60.3 Å². The molecule has 1 saturated heterocycles. The van der Waals surface area contributed by atoms with Crippen LogP contribution in [-0.2, 0) is 23.8 Å². The van der Waals surface area contributed by atoms with E-state index in [1.54, 1.807) is 0 Å². The molecule has 0 aromatic rings. The van der Waals surface area contributed by atoms with E-state index in [1.807, 2.05) is 0 Å². The van der Waals surface area contributed by atoms with Crippen molar-refractivity contribution < 1.29 is 34.2 Å². The number of carbonyl (C=O) groups excluding carboxylic acids is 2. The van der Waals surface area contributed by atoms with Gasteiger partial charge in [-0.05, 0) is 82.0 Å². The van der Waals surface area contributed by atoms with Gasteiger partial charge in [-0.25, -0.2) is 0 Å². The smallest absolute Gasteiger partial charge is 0.302 e. The van der Waals surface area contributed by atoms with Gasteiger partial charge in [0.2, 0.25) is 0 Å². The number of ether oxygens (including phenoxy) is 3. The fourth-order valence-corrected chi connectivity index (χ4v) is 7.36. The maximum atomic E-state index is 12.0. The lowest BCUT2D eigenvalue weighted by Gasteiger charge is -2.42. The zero-order chi connectivity index (χ0) is 28.2. The standard InChI is InChI=1S/C31H56N2O6/c1-4-5-6-11-27(37-21(2)34)20-28(38-22(3)35)13-12-23-16-25(17-24-14-15-33-30(32)19-24)31(36)29(18-23)39-26-9-7-8-10-26/h23-31,33,36H,4-20,32H2,1-3H3/p+1/t23?,24?,25?,27-,28+,29?,30?,31?/m0/s1. The molecule has 39 heavy (non-hydrogen) atoms. The van der Waals surface area contributed by atoms with Gasteiger partial charge >= 0.3 is 11.9 Å². The predicted molar refractivity (Wildman–Crippen MR) is 151 cm³/mol. The van der Waals surface area contributed by atoms with E-state index in [0.717, 1.165) is 90.0 Å². The summed E-state index contributed by atoms with van der Waals surface area (Å²) in [6.07, 6.45) is 15.1. The number of hydrogen-bond donors (Lipinski definition) is 3. The molecule has 0 radical (unpaired) electrons. The van der Waals surface area contributed by atoms with Gasteiger partial charge in [-0.2, -0.15) is 0 Å². The van der Waals surface area contributed by atoms with E-state index in [4.69, 9.17) is 19.9 Å². The third-order valence-electron chi connectivity index (χ3n) is 9.24. The Balaban J connectivity index is 1.63. The highest BCUT2D eigenvalue weighted by Gasteiger charge is 2.40. The average Bonchev–Trinajstić information content (AvgIpc) is 3.38. The van der Waals surface area contributed by atoms with E-state index in [9.17, 15) is 14.7 Å². The minimum absolute atomic E-state index is 0.129. The summed E-state index contributed by atoms with van der Waals surface area (Å²) in [5, 5.41) is 13.6. The first kappa shape index (κ1) is 32.3. The van der Waals surface area contributed by atoms with E-state index < -0.39 is 6.10 Å². The molecule has 226 valence electrons. The molecule has 0 aromatic heterocycles. The van der Waals surface area contributed by atoms with Crippen LogP contribution in [0.25, 0.3) is 0 Å². The number of nitrogens with two attached hydrogens (primary N) is 2. The molecule has 0 aromatic carbocycles. The van der Waals surface area contributed by atoms with Crippen LogP contribution in [0.1, 0.15) is 124 Å². The van der Waals surface area contributed by atoms with Gasteiger partial charge in [-0.1, -0.05) is 32.6 Å². The molecule has 6 unspecified atom stereocenters. The van der Waals surface area contributed by atoms with E-state index in [2.05, 4.69) is 12.2 Å². The highest BCUT2D eigenvalue weighted by molar-refractivity contribution is 5.66. The molecule has 2 saturated carbocycles. The van der Waals surface area contributed by atoms with E-state index >= 15 is 0 Å². The van der Waals surface area contributed by atoms with Crippen molar-refractivity contribution in [1.29, 1.82) is 0 Å². The number of esters is 2. The normalized spacial score (nSPS) is 31.5. The van der Waals surface area contributed by atoms with Crippen molar-refractivity contribution >= 4 is 11.9 Å². The Morgan fingerprint density at radius 2 is 1.64 bits per heavy atom. The molecule has 0 bridgehead atoms. The van der Waals surface area contributed by atoms with Gasteiger partial charge in [-0.15, -0.1) is 0 Å². The molecule has 3 rings (SSSR count). The number of aliphatic hydroxyl groups excluding tert-OH is 1. The van der Waals surface area contributed by atoms with Crippen molar-refractivity contribution in [2.24, 2.45) is 23.5 Å². The van der Waals surface area contributed by atoms with Crippen molar-refractivity contribution in [3.8, 4) is 0 Å². The van der Waals surface area contributed by atoms with Crippen molar-refractivity contribution in [2.75, 3.05) is 6.54 Å². The van der Waals surface area contributed by atoms with Crippen molar-refractivity contribution in [1.82, 2.24) is 0 Å². The van der Waals surface area contributed by atoms with Gasteiger partial charge in [-0.3, -0.25) is 15.3 Å². The molecule has 8 atom stereocenters. The minimum Gasteiger partial charge on any atom is -0.462 e. The first-order valence-electron chi connectivity index (χ1n) is 16.0. The minimum atomic E-state index is -0.430. The van der Waals surface area contributed by atoms with Gasteiger partial charge in [0.25, 0.3) is 0 Å². The van der Waals surface area contributed by atoms with E-state index in [1.165, 1.54) is 26.7 Å². The third-order valence-corrected chi connectivity index (χ3v) is 9.24. The predicted octanol–water partition coefficient (Wildman–Crippen LogP) is 3.96. The lowest BCUT2D eigenvalue weighted by molar-refractivity contribution is -0.699. The van der Waals surface area contributed by atoms with Crippen LogP contribution >= 0.6 is 0 Å². The van der Waals surface area contributed by atoms with Crippen LogP contribution in [0.15, 0.2) is 0 Å². The van der Waals surface area contributed by atoms with E-state index in [0.29, 0.717) is 18.3 Å². The van der Waals surface area contributed by atoms with Gasteiger partial charge < -0.3 is 24.6 Å². The summed E-state index contributed by atoms with van der Waals surface area (Å²) in [6, 6.07) is 0. The van der Waals surface area contributed by atoms with Crippen LogP contribution < -0.4 is 11.1 Å². The molecule has 3 fully saturated rings. The summed E-state index contributed by atoms with van der Waals surface area (Å²) < 4.78 is 17.9. The Labute approximate surface area is 236 Å². The maximum absolute atomic E-state index is 12.0. The fourth-order valence-electron chi connectivity index (χ4n) is 7.36. The summed E-state index contributed by atoms with van der Waals surface area (Å²) in [7, 11) is 0. The second-order valence-electron chi connectivity index (χ2n) is 12.8. The lowest BCUT2D eigenvalue weighted by atomic mass is 9.71. The van der Waals surface area contributed by atoms with Crippen molar-refractivity contribution in [3.63, 3.8) is 0 Å². The zero-order valence-electron chi connectivity index (χ0n) is 24.9. The first-order valence-corrected chi connectivity index (χ1v) is 16.0. The molecule has 8 nitrogen and oxygen atoms in total. The SMILES string of the molecule is CCCCC[C@@H](C[C@@H](CCC1CC(CC2CC[NH2+]C(N)C2)C(O)C(OC2CCCC2)C1)OC(C)=O)OC(C)=O. The van der Waals surface area contributed by atoms with Crippen LogP contribution in [0, 0.1) is 17.8 Å². The second-order valence-corrected chi connectivity index (χ2v) is 12.8. The van der Waals surface area contributed by atoms with Crippen molar-refractivity contribution in [3.05, 3.63) is 0 Å². The number of carbonyl (C=O) groups is 2. The van der Waals surface area contributed by atoms with E-state index in [-0.39, 0.29) is 48.4 Å². The number of aliphatic hydroxyl groups is 1.